The van der Waals surface area contributed by atoms with Gasteiger partial charge in [0.05, 0.1) is 19.3 Å². The average Bonchev–Trinajstić information content (AvgIpc) is 3.02. The molecule has 5 heteroatoms. The quantitative estimate of drug-likeness (QED) is 0.866. The summed E-state index contributed by atoms with van der Waals surface area (Å²) >= 11 is 0. The molecule has 2 aromatic rings. The fraction of sp³-hybridized carbons (Fsp3) is 0.381. The van der Waals surface area contributed by atoms with E-state index in [-0.39, 0.29) is 5.91 Å². The number of β-amino-alcohol motifs (C(OH)–C–C–N with tert-alkyl or cyclic N) is 1. The maximum atomic E-state index is 12.7. The Morgan fingerprint density at radius 3 is 2.73 bits per heavy atom. The van der Waals surface area contributed by atoms with Crippen molar-refractivity contribution in [3.63, 3.8) is 0 Å². The molecular formula is C21H26N2O3. The molecule has 1 fully saturated rings. The maximum absolute atomic E-state index is 12.7. The van der Waals surface area contributed by atoms with Crippen molar-refractivity contribution in [1.82, 2.24) is 9.80 Å². The van der Waals surface area contributed by atoms with Gasteiger partial charge in [-0.1, -0.05) is 36.4 Å². The van der Waals surface area contributed by atoms with E-state index in [9.17, 15) is 9.90 Å². The molecule has 1 atom stereocenters. The second-order valence-electron chi connectivity index (χ2n) is 7.06. The molecule has 1 amide bonds. The zero-order chi connectivity index (χ0) is 18.6. The van der Waals surface area contributed by atoms with Crippen LogP contribution in [-0.4, -0.2) is 60.2 Å². The van der Waals surface area contributed by atoms with E-state index in [4.69, 9.17) is 4.74 Å². The van der Waals surface area contributed by atoms with Crippen LogP contribution in [-0.2, 0) is 6.54 Å². The largest absolute Gasteiger partial charge is 0.497 e. The Labute approximate surface area is 154 Å². The van der Waals surface area contributed by atoms with Crippen LogP contribution in [0.15, 0.2) is 54.6 Å². The van der Waals surface area contributed by atoms with Crippen molar-refractivity contribution in [2.75, 3.05) is 33.8 Å². The van der Waals surface area contributed by atoms with Crippen molar-refractivity contribution in [2.24, 2.45) is 0 Å². The summed E-state index contributed by atoms with van der Waals surface area (Å²) in [6.45, 7) is 2.52. The number of hydrogen-bond acceptors (Lipinski definition) is 4. The van der Waals surface area contributed by atoms with Crippen molar-refractivity contribution in [3.8, 4) is 5.75 Å². The first-order valence-corrected chi connectivity index (χ1v) is 8.87. The summed E-state index contributed by atoms with van der Waals surface area (Å²) < 4.78 is 5.18. The molecule has 0 saturated carbocycles. The molecule has 1 unspecified atom stereocenters. The lowest BCUT2D eigenvalue weighted by molar-refractivity contribution is 0.0170. The van der Waals surface area contributed by atoms with Crippen LogP contribution in [0, 0.1) is 0 Å². The van der Waals surface area contributed by atoms with Gasteiger partial charge in [-0.2, -0.15) is 0 Å². The van der Waals surface area contributed by atoms with Crippen LogP contribution >= 0.6 is 0 Å². The topological polar surface area (TPSA) is 53.0 Å². The van der Waals surface area contributed by atoms with Crippen molar-refractivity contribution < 1.29 is 14.6 Å². The molecule has 0 bridgehead atoms. The van der Waals surface area contributed by atoms with E-state index in [0.717, 1.165) is 13.1 Å². The smallest absolute Gasteiger partial charge is 0.253 e. The van der Waals surface area contributed by atoms with Gasteiger partial charge in [0.1, 0.15) is 5.75 Å². The minimum Gasteiger partial charge on any atom is -0.497 e. The molecule has 26 heavy (non-hydrogen) atoms. The molecule has 1 aliphatic heterocycles. The normalized spacial score (nSPS) is 20.1. The third-order valence-electron chi connectivity index (χ3n) is 4.86. The highest BCUT2D eigenvalue weighted by atomic mass is 16.5. The van der Waals surface area contributed by atoms with Crippen LogP contribution in [0.4, 0.5) is 0 Å². The highest BCUT2D eigenvalue weighted by Crippen LogP contribution is 2.24. The van der Waals surface area contributed by atoms with Crippen molar-refractivity contribution in [1.29, 1.82) is 0 Å². The molecule has 5 nitrogen and oxygen atoms in total. The predicted octanol–water partition coefficient (Wildman–Crippen LogP) is 2.40. The fourth-order valence-electron chi connectivity index (χ4n) is 3.54. The summed E-state index contributed by atoms with van der Waals surface area (Å²) in [5.74, 6) is 0.539. The summed E-state index contributed by atoms with van der Waals surface area (Å²) in [6.07, 6.45) is 0.662. The number of ether oxygens (including phenoxy) is 1. The van der Waals surface area contributed by atoms with Gasteiger partial charge in [-0.25, -0.2) is 0 Å². The molecule has 0 aliphatic carbocycles. The van der Waals surface area contributed by atoms with Crippen LogP contribution < -0.4 is 4.74 Å². The van der Waals surface area contributed by atoms with Gasteiger partial charge < -0.3 is 14.7 Å². The van der Waals surface area contributed by atoms with E-state index >= 15 is 0 Å². The maximum Gasteiger partial charge on any atom is 0.253 e. The molecule has 1 saturated heterocycles. The van der Waals surface area contributed by atoms with Crippen molar-refractivity contribution in [2.45, 2.75) is 18.6 Å². The van der Waals surface area contributed by atoms with Crippen LogP contribution in [0.5, 0.6) is 5.75 Å². The standard InChI is InChI=1S/C21H26N2O3/c1-22(20(24)18-9-6-10-19(13-18)26-2)15-21(25)11-12-23(16-21)14-17-7-4-3-5-8-17/h3-10,13,25H,11-12,14-16H2,1-2H3. The van der Waals surface area contributed by atoms with Gasteiger partial charge in [-0.05, 0) is 30.2 Å². The molecule has 1 heterocycles. The van der Waals surface area contributed by atoms with Gasteiger partial charge in [0.15, 0.2) is 0 Å². The van der Waals surface area contributed by atoms with Gasteiger partial charge in [0.25, 0.3) is 5.91 Å². The number of likely N-dealkylation sites (tertiary alicyclic amines) is 1. The number of hydrogen-bond donors (Lipinski definition) is 1. The number of aliphatic hydroxyl groups is 1. The second kappa shape index (κ2) is 7.89. The third-order valence-corrected chi connectivity index (χ3v) is 4.86. The van der Waals surface area contributed by atoms with E-state index < -0.39 is 5.60 Å². The number of carbonyl (C=O) groups is 1. The Kier molecular flexibility index (Phi) is 5.59. The zero-order valence-electron chi connectivity index (χ0n) is 15.4. The van der Waals surface area contributed by atoms with E-state index in [0.29, 0.717) is 30.8 Å². The van der Waals surface area contributed by atoms with E-state index in [1.807, 2.05) is 24.3 Å². The van der Waals surface area contributed by atoms with Gasteiger partial charge in [-0.3, -0.25) is 9.69 Å². The summed E-state index contributed by atoms with van der Waals surface area (Å²) in [5.41, 5.74) is 0.921. The molecule has 2 aromatic carbocycles. The Morgan fingerprint density at radius 2 is 2.00 bits per heavy atom. The first-order valence-electron chi connectivity index (χ1n) is 8.87. The van der Waals surface area contributed by atoms with Crippen molar-refractivity contribution in [3.05, 3.63) is 65.7 Å². The molecule has 1 N–H and O–H groups in total. The van der Waals surface area contributed by atoms with Crippen LogP contribution in [0.3, 0.4) is 0 Å². The molecule has 0 spiro atoms. The monoisotopic (exact) mass is 354 g/mol. The van der Waals surface area contributed by atoms with Crippen LogP contribution in [0.2, 0.25) is 0 Å². The van der Waals surface area contributed by atoms with Gasteiger partial charge in [0.2, 0.25) is 0 Å². The zero-order valence-corrected chi connectivity index (χ0v) is 15.4. The van der Waals surface area contributed by atoms with Crippen LogP contribution in [0.25, 0.3) is 0 Å². The van der Waals surface area contributed by atoms with E-state index in [2.05, 4.69) is 17.0 Å². The van der Waals surface area contributed by atoms with E-state index in [1.165, 1.54) is 5.56 Å². The number of methoxy groups -OCH3 is 1. The average molecular weight is 354 g/mol. The van der Waals surface area contributed by atoms with Gasteiger partial charge >= 0.3 is 0 Å². The molecule has 1 aliphatic rings. The molecular weight excluding hydrogens is 328 g/mol. The summed E-state index contributed by atoms with van der Waals surface area (Å²) in [5, 5.41) is 10.9. The fourth-order valence-corrected chi connectivity index (χ4v) is 3.54. The molecule has 138 valence electrons. The molecule has 0 aromatic heterocycles. The number of benzene rings is 2. The third kappa shape index (κ3) is 4.42. The number of nitrogens with zero attached hydrogens (tertiary/aromatic N) is 2. The number of rotatable bonds is 6. The molecule has 0 radical (unpaired) electrons. The summed E-state index contributed by atoms with van der Waals surface area (Å²) in [4.78, 5) is 16.5. The Morgan fingerprint density at radius 1 is 1.23 bits per heavy atom. The summed E-state index contributed by atoms with van der Waals surface area (Å²) in [7, 11) is 3.31. The van der Waals surface area contributed by atoms with Crippen LogP contribution in [0.1, 0.15) is 22.3 Å². The minimum atomic E-state index is -0.877. The first kappa shape index (κ1) is 18.4. The lowest BCUT2D eigenvalue weighted by Crippen LogP contribution is -2.45. The lowest BCUT2D eigenvalue weighted by atomic mass is 10.0. The number of amides is 1. The van der Waals surface area contributed by atoms with Gasteiger partial charge in [-0.15, -0.1) is 0 Å². The highest BCUT2D eigenvalue weighted by molar-refractivity contribution is 5.94. The van der Waals surface area contributed by atoms with E-state index in [1.54, 1.807) is 37.3 Å². The lowest BCUT2D eigenvalue weighted by Gasteiger charge is -2.29. The minimum absolute atomic E-state index is 0.112. The number of likely N-dealkylation sites (N-methyl/N-ethyl adjacent to an activating group) is 1. The predicted molar refractivity (Wildman–Crippen MR) is 101 cm³/mol. The highest BCUT2D eigenvalue weighted by Gasteiger charge is 2.37. The number of carbonyl (C=O) groups excluding carboxylic acids is 1. The Hall–Kier alpha value is -2.37. The van der Waals surface area contributed by atoms with Gasteiger partial charge in [0, 0.05) is 32.2 Å². The summed E-state index contributed by atoms with van der Waals surface area (Å²) in [6, 6.07) is 17.3. The first-order chi connectivity index (χ1) is 12.5. The Bertz CT molecular complexity index is 750. The Balaban J connectivity index is 1.59. The second-order valence-corrected chi connectivity index (χ2v) is 7.06. The SMILES string of the molecule is COc1cccc(C(=O)N(C)CC2(O)CCN(Cc3ccccc3)C2)c1. The van der Waals surface area contributed by atoms with Crippen molar-refractivity contribution >= 4 is 5.91 Å². The molecule has 3 rings (SSSR count).